The van der Waals surface area contributed by atoms with Gasteiger partial charge in [0, 0.05) is 17.2 Å². The highest BCUT2D eigenvalue weighted by molar-refractivity contribution is 7.98. The lowest BCUT2D eigenvalue weighted by Gasteiger charge is -2.07. The first-order chi connectivity index (χ1) is 14.0. The molecule has 0 aliphatic rings. The van der Waals surface area contributed by atoms with E-state index in [0.717, 1.165) is 33.4 Å². The van der Waals surface area contributed by atoms with E-state index in [1.807, 2.05) is 50.2 Å². The number of hydrogen-bond acceptors (Lipinski definition) is 7. The van der Waals surface area contributed by atoms with Gasteiger partial charge in [-0.25, -0.2) is 4.79 Å². The Bertz CT molecular complexity index is 1210. The first kappa shape index (κ1) is 19.3. The number of methoxy groups -OCH3 is 1. The molecule has 0 aliphatic carbocycles. The van der Waals surface area contributed by atoms with Gasteiger partial charge in [-0.2, -0.15) is 0 Å². The fraction of sp³-hybridized carbons (Fsp3) is 0.227. The molecule has 0 radical (unpaired) electrons. The van der Waals surface area contributed by atoms with E-state index in [4.69, 9.17) is 13.6 Å². The number of hydrogen-bond donors (Lipinski definition) is 0. The quantitative estimate of drug-likeness (QED) is 0.338. The lowest BCUT2D eigenvalue weighted by atomic mass is 10.0. The maximum Gasteiger partial charge on any atom is 0.336 e. The van der Waals surface area contributed by atoms with Crippen molar-refractivity contribution >= 4 is 22.7 Å². The molecule has 0 spiro atoms. The highest BCUT2D eigenvalue weighted by Crippen LogP contribution is 2.28. The molecule has 0 unspecified atom stereocenters. The van der Waals surface area contributed by atoms with E-state index in [1.165, 1.54) is 17.8 Å². The van der Waals surface area contributed by atoms with Crippen molar-refractivity contribution in [2.75, 3.05) is 7.11 Å². The van der Waals surface area contributed by atoms with Crippen LogP contribution in [0.4, 0.5) is 0 Å². The topological polar surface area (TPSA) is 78.4 Å². The third-order valence-electron chi connectivity index (χ3n) is 4.76. The van der Waals surface area contributed by atoms with Crippen LogP contribution in [0.5, 0.6) is 5.75 Å². The Morgan fingerprint density at radius 1 is 1.00 bits per heavy atom. The molecule has 0 saturated carbocycles. The summed E-state index contributed by atoms with van der Waals surface area (Å²) in [6.07, 6.45) is 0.549. The normalized spacial score (nSPS) is 11.1. The van der Waals surface area contributed by atoms with Crippen molar-refractivity contribution in [1.82, 2.24) is 10.2 Å². The minimum Gasteiger partial charge on any atom is -0.497 e. The second kappa shape index (κ2) is 8.13. The zero-order valence-corrected chi connectivity index (χ0v) is 17.2. The number of benzene rings is 2. The molecular weight excluding hydrogens is 388 g/mol. The highest BCUT2D eigenvalue weighted by Gasteiger charge is 2.12. The molecule has 0 atom stereocenters. The van der Waals surface area contributed by atoms with Gasteiger partial charge in [0.05, 0.1) is 13.5 Å². The summed E-state index contributed by atoms with van der Waals surface area (Å²) in [5.74, 6) is 1.89. The minimum atomic E-state index is -0.359. The highest BCUT2D eigenvalue weighted by atomic mass is 32.2. The Morgan fingerprint density at radius 3 is 2.52 bits per heavy atom. The molecule has 2 aromatic carbocycles. The largest absolute Gasteiger partial charge is 0.497 e. The molecule has 0 saturated heterocycles. The molecule has 6 nitrogen and oxygen atoms in total. The van der Waals surface area contributed by atoms with Crippen LogP contribution in [0.1, 0.15) is 28.1 Å². The van der Waals surface area contributed by atoms with E-state index in [9.17, 15) is 4.79 Å². The number of aromatic nitrogens is 2. The van der Waals surface area contributed by atoms with Gasteiger partial charge in [-0.05, 0) is 60.4 Å². The molecule has 29 heavy (non-hydrogen) atoms. The number of rotatable bonds is 6. The predicted molar refractivity (Wildman–Crippen MR) is 112 cm³/mol. The number of nitrogens with zero attached hydrogens (tertiary/aromatic N) is 2. The Hall–Kier alpha value is -3.06. The van der Waals surface area contributed by atoms with Gasteiger partial charge in [-0.1, -0.05) is 23.9 Å². The third-order valence-corrected chi connectivity index (χ3v) is 5.63. The van der Waals surface area contributed by atoms with Gasteiger partial charge >= 0.3 is 5.63 Å². The summed E-state index contributed by atoms with van der Waals surface area (Å²) in [5, 5.41) is 9.64. The molecular formula is C22H20N2O4S. The van der Waals surface area contributed by atoms with Crippen LogP contribution in [0.2, 0.25) is 0 Å². The van der Waals surface area contributed by atoms with Gasteiger partial charge in [-0.15, -0.1) is 10.2 Å². The number of fused-ring (bicyclic) bond motifs is 1. The molecule has 4 rings (SSSR count). The van der Waals surface area contributed by atoms with E-state index < -0.39 is 0 Å². The standard InChI is InChI=1S/C22H20N2O4S/c1-13-8-18-16(11-21(25)27-19(18)9-14(13)2)12-29-22-24-23-20(28-22)10-15-4-6-17(26-3)7-5-15/h4-9,11H,10,12H2,1-3H3. The van der Waals surface area contributed by atoms with E-state index >= 15 is 0 Å². The molecule has 7 heteroatoms. The fourth-order valence-corrected chi connectivity index (χ4v) is 3.80. The Kier molecular flexibility index (Phi) is 5.40. The maximum absolute atomic E-state index is 11.9. The summed E-state index contributed by atoms with van der Waals surface area (Å²) >= 11 is 1.40. The zero-order valence-electron chi connectivity index (χ0n) is 16.4. The second-order valence-corrected chi connectivity index (χ2v) is 7.73. The van der Waals surface area contributed by atoms with Gasteiger partial charge < -0.3 is 13.6 Å². The van der Waals surface area contributed by atoms with Crippen molar-refractivity contribution in [3.63, 3.8) is 0 Å². The number of aryl methyl sites for hydroxylation is 2. The van der Waals surface area contributed by atoms with E-state index in [0.29, 0.717) is 28.9 Å². The fourth-order valence-electron chi connectivity index (χ4n) is 3.03. The third kappa shape index (κ3) is 4.35. The van der Waals surface area contributed by atoms with E-state index in [-0.39, 0.29) is 5.63 Å². The lowest BCUT2D eigenvalue weighted by molar-refractivity contribution is 0.413. The SMILES string of the molecule is COc1ccc(Cc2nnc(SCc3cc(=O)oc4cc(C)c(C)cc34)o2)cc1. The summed E-state index contributed by atoms with van der Waals surface area (Å²) in [7, 11) is 1.64. The van der Waals surface area contributed by atoms with Crippen molar-refractivity contribution in [3.8, 4) is 5.75 Å². The molecule has 0 N–H and O–H groups in total. The average Bonchev–Trinajstić information content (AvgIpc) is 3.15. The molecule has 0 fully saturated rings. The Labute approximate surface area is 171 Å². The summed E-state index contributed by atoms with van der Waals surface area (Å²) in [6, 6.07) is 13.2. The molecule has 0 amide bonds. The van der Waals surface area contributed by atoms with Gasteiger partial charge in [0.25, 0.3) is 5.22 Å². The molecule has 0 aliphatic heterocycles. The van der Waals surface area contributed by atoms with Crippen LogP contribution in [0.15, 0.2) is 61.3 Å². The van der Waals surface area contributed by atoms with Gasteiger partial charge in [-0.3, -0.25) is 0 Å². The molecule has 0 bridgehead atoms. The predicted octanol–water partition coefficient (Wildman–Crippen LogP) is 4.68. The van der Waals surface area contributed by atoms with Crippen LogP contribution < -0.4 is 10.4 Å². The second-order valence-electron chi connectivity index (χ2n) is 6.80. The van der Waals surface area contributed by atoms with Crippen molar-refractivity contribution in [2.24, 2.45) is 0 Å². The first-order valence-electron chi connectivity index (χ1n) is 9.14. The lowest BCUT2D eigenvalue weighted by Crippen LogP contribution is -2.00. The van der Waals surface area contributed by atoms with Crippen LogP contribution in [0, 0.1) is 13.8 Å². The first-order valence-corrected chi connectivity index (χ1v) is 10.1. The summed E-state index contributed by atoms with van der Waals surface area (Å²) < 4.78 is 16.3. The number of thioether (sulfide) groups is 1. The van der Waals surface area contributed by atoms with Gasteiger partial charge in [0.2, 0.25) is 5.89 Å². The minimum absolute atomic E-state index is 0.359. The van der Waals surface area contributed by atoms with Crippen LogP contribution in [-0.4, -0.2) is 17.3 Å². The monoisotopic (exact) mass is 408 g/mol. The zero-order chi connectivity index (χ0) is 20.4. The van der Waals surface area contributed by atoms with Crippen LogP contribution in [-0.2, 0) is 12.2 Å². The molecule has 4 aromatic rings. The van der Waals surface area contributed by atoms with Gasteiger partial charge in [0.1, 0.15) is 11.3 Å². The Morgan fingerprint density at radius 2 is 1.76 bits per heavy atom. The van der Waals surface area contributed by atoms with Gasteiger partial charge in [0.15, 0.2) is 0 Å². The molecule has 2 aromatic heterocycles. The summed E-state index contributed by atoms with van der Waals surface area (Å²) in [5.41, 5.74) is 4.43. The summed E-state index contributed by atoms with van der Waals surface area (Å²) in [6.45, 7) is 4.04. The van der Waals surface area contributed by atoms with Crippen molar-refractivity contribution < 1.29 is 13.6 Å². The maximum atomic E-state index is 11.9. The molecule has 2 heterocycles. The van der Waals surface area contributed by atoms with E-state index in [2.05, 4.69) is 10.2 Å². The van der Waals surface area contributed by atoms with Crippen LogP contribution >= 0.6 is 11.8 Å². The van der Waals surface area contributed by atoms with Crippen LogP contribution in [0.3, 0.4) is 0 Å². The van der Waals surface area contributed by atoms with Crippen molar-refractivity contribution in [3.05, 3.63) is 81.0 Å². The molecule has 148 valence electrons. The van der Waals surface area contributed by atoms with Crippen molar-refractivity contribution in [1.29, 1.82) is 0 Å². The van der Waals surface area contributed by atoms with E-state index in [1.54, 1.807) is 7.11 Å². The number of ether oxygens (including phenoxy) is 1. The summed E-state index contributed by atoms with van der Waals surface area (Å²) in [4.78, 5) is 11.9. The van der Waals surface area contributed by atoms with Crippen LogP contribution in [0.25, 0.3) is 11.0 Å². The van der Waals surface area contributed by atoms with Crippen molar-refractivity contribution in [2.45, 2.75) is 31.2 Å². The Balaban J connectivity index is 1.50. The average molecular weight is 408 g/mol. The smallest absolute Gasteiger partial charge is 0.336 e.